The summed E-state index contributed by atoms with van der Waals surface area (Å²) in [5, 5.41) is 5.08. The van der Waals surface area contributed by atoms with E-state index in [1.54, 1.807) is 13.8 Å². The van der Waals surface area contributed by atoms with Gasteiger partial charge in [0.15, 0.2) is 11.7 Å². The van der Waals surface area contributed by atoms with E-state index in [1.807, 2.05) is 0 Å². The molecule has 14 heteroatoms. The van der Waals surface area contributed by atoms with E-state index in [1.165, 1.54) is 4.90 Å². The molecular formula is C25H34F4N6O4. The van der Waals surface area contributed by atoms with Gasteiger partial charge in [0.05, 0.1) is 11.6 Å². The molecule has 216 valence electrons. The van der Waals surface area contributed by atoms with Crippen molar-refractivity contribution < 1.29 is 36.7 Å². The fraction of sp³-hybridized carbons (Fsp3) is 0.560. The first-order valence-electron chi connectivity index (χ1n) is 12.5. The Morgan fingerprint density at radius 3 is 2.28 bits per heavy atom. The maximum absolute atomic E-state index is 13.4. The van der Waals surface area contributed by atoms with Gasteiger partial charge >= 0.3 is 6.18 Å². The maximum Gasteiger partial charge on any atom is 0.416 e. The van der Waals surface area contributed by atoms with Crippen LogP contribution in [0.25, 0.3) is 0 Å². The van der Waals surface area contributed by atoms with Gasteiger partial charge in [0.25, 0.3) is 5.91 Å². The molecule has 1 saturated heterocycles. The lowest BCUT2D eigenvalue weighted by Gasteiger charge is -2.31. The number of alkyl halides is 4. The highest BCUT2D eigenvalue weighted by Crippen LogP contribution is 2.29. The molecule has 0 saturated carbocycles. The van der Waals surface area contributed by atoms with E-state index in [-0.39, 0.29) is 31.0 Å². The minimum Gasteiger partial charge on any atom is -0.370 e. The third-order valence-electron chi connectivity index (χ3n) is 6.31. The molecule has 1 fully saturated rings. The van der Waals surface area contributed by atoms with E-state index < -0.39 is 66.0 Å². The van der Waals surface area contributed by atoms with Crippen LogP contribution in [0.3, 0.4) is 0 Å². The number of halogens is 4. The highest BCUT2D eigenvalue weighted by Gasteiger charge is 2.39. The molecule has 2 rings (SSSR count). The molecule has 3 atom stereocenters. The molecule has 0 radical (unpaired) electrons. The van der Waals surface area contributed by atoms with Crippen LogP contribution in [0, 0.1) is 5.92 Å². The Kier molecular flexibility index (Phi) is 11.2. The van der Waals surface area contributed by atoms with Crippen molar-refractivity contribution in [3.63, 3.8) is 0 Å². The van der Waals surface area contributed by atoms with Gasteiger partial charge in [0, 0.05) is 18.7 Å². The Morgan fingerprint density at radius 2 is 1.74 bits per heavy atom. The van der Waals surface area contributed by atoms with Crippen molar-refractivity contribution in [1.29, 1.82) is 0 Å². The Hall–Kier alpha value is -3.71. The van der Waals surface area contributed by atoms with Crippen LogP contribution in [-0.2, 0) is 20.6 Å². The number of carbonyl (C=O) groups excluding carboxylic acids is 4. The zero-order valence-corrected chi connectivity index (χ0v) is 21.8. The van der Waals surface area contributed by atoms with Gasteiger partial charge in [-0.25, -0.2) is 4.39 Å². The first kappa shape index (κ1) is 31.5. The number of amides is 3. The SMILES string of the molecule is CC(C)C(NC(=O)c1ccc(C(F)(F)F)cc1)C(=O)N1CCCC1C(=O)NC(CCCN=C(N)N)C(=O)CF. The number of guanidine groups is 1. The molecular weight excluding hydrogens is 524 g/mol. The number of likely N-dealkylation sites (tertiary alicyclic amines) is 1. The van der Waals surface area contributed by atoms with Gasteiger partial charge in [-0.2, -0.15) is 13.2 Å². The fourth-order valence-corrected chi connectivity index (χ4v) is 4.21. The van der Waals surface area contributed by atoms with Crippen molar-refractivity contribution >= 4 is 29.5 Å². The minimum absolute atomic E-state index is 0.0644. The highest BCUT2D eigenvalue weighted by molar-refractivity contribution is 5.99. The van der Waals surface area contributed by atoms with Crippen LogP contribution in [0.4, 0.5) is 17.6 Å². The van der Waals surface area contributed by atoms with Crippen LogP contribution in [-0.4, -0.2) is 72.3 Å². The number of hydrogen-bond acceptors (Lipinski definition) is 5. The summed E-state index contributed by atoms with van der Waals surface area (Å²) in [6.07, 6.45) is -3.40. The van der Waals surface area contributed by atoms with Gasteiger partial charge in [-0.15, -0.1) is 0 Å². The van der Waals surface area contributed by atoms with E-state index in [4.69, 9.17) is 11.5 Å². The van der Waals surface area contributed by atoms with Gasteiger partial charge in [0.1, 0.15) is 18.8 Å². The summed E-state index contributed by atoms with van der Waals surface area (Å²) < 4.78 is 51.6. The molecule has 3 amide bonds. The Labute approximate surface area is 223 Å². The van der Waals surface area contributed by atoms with Crippen LogP contribution in [0.5, 0.6) is 0 Å². The molecule has 0 bridgehead atoms. The Balaban J connectivity index is 2.11. The van der Waals surface area contributed by atoms with Crippen LogP contribution in [0.2, 0.25) is 0 Å². The Bertz CT molecular complexity index is 1060. The number of carbonyl (C=O) groups is 4. The van der Waals surface area contributed by atoms with Crippen LogP contribution < -0.4 is 22.1 Å². The number of hydrogen-bond donors (Lipinski definition) is 4. The molecule has 1 aromatic rings. The second-order valence-electron chi connectivity index (χ2n) is 9.57. The topological polar surface area (TPSA) is 160 Å². The van der Waals surface area contributed by atoms with Crippen molar-refractivity contribution in [2.45, 2.75) is 63.8 Å². The maximum atomic E-state index is 13.4. The predicted octanol–water partition coefficient (Wildman–Crippen LogP) is 1.53. The van der Waals surface area contributed by atoms with E-state index >= 15 is 0 Å². The third-order valence-corrected chi connectivity index (χ3v) is 6.31. The molecule has 0 aliphatic carbocycles. The van der Waals surface area contributed by atoms with Gasteiger partial charge in [-0.1, -0.05) is 13.8 Å². The molecule has 10 nitrogen and oxygen atoms in total. The van der Waals surface area contributed by atoms with Crippen LogP contribution in [0.15, 0.2) is 29.3 Å². The molecule has 6 N–H and O–H groups in total. The minimum atomic E-state index is -4.56. The standard InChI is InChI=1S/C25H34F4N6O4/c1-14(2)20(34-21(37)15-7-9-16(10-8-15)25(27,28)29)23(39)35-12-4-6-18(35)22(38)33-17(19(36)13-26)5-3-11-32-24(30)31/h7-10,14,17-18,20H,3-6,11-13H2,1-2H3,(H,33,38)(H,34,37)(H4,30,31,32). The smallest absolute Gasteiger partial charge is 0.370 e. The van der Waals surface area contributed by atoms with Gasteiger partial charge < -0.3 is 27.0 Å². The summed E-state index contributed by atoms with van der Waals surface area (Å²) in [5.41, 5.74) is 9.54. The lowest BCUT2D eigenvalue weighted by Crippen LogP contribution is -2.56. The van der Waals surface area contributed by atoms with Crippen LogP contribution >= 0.6 is 0 Å². The molecule has 1 aromatic carbocycles. The summed E-state index contributed by atoms with van der Waals surface area (Å²) in [6.45, 7) is 2.45. The quantitative estimate of drug-likeness (QED) is 0.132. The summed E-state index contributed by atoms with van der Waals surface area (Å²) >= 11 is 0. The number of ketones is 1. The van der Waals surface area contributed by atoms with E-state index in [0.29, 0.717) is 19.3 Å². The van der Waals surface area contributed by atoms with Crippen LogP contribution in [0.1, 0.15) is 55.5 Å². The zero-order chi connectivity index (χ0) is 29.3. The number of benzene rings is 1. The molecule has 1 aliphatic heterocycles. The summed E-state index contributed by atoms with van der Waals surface area (Å²) in [5.74, 6) is -3.32. The Morgan fingerprint density at radius 1 is 1.10 bits per heavy atom. The lowest BCUT2D eigenvalue weighted by molar-refractivity contribution is -0.141. The number of nitrogens with one attached hydrogen (secondary N) is 2. The van der Waals surface area contributed by atoms with E-state index in [2.05, 4.69) is 15.6 Å². The van der Waals surface area contributed by atoms with Gasteiger partial charge in [0.2, 0.25) is 11.8 Å². The zero-order valence-electron chi connectivity index (χ0n) is 21.8. The summed E-state index contributed by atoms with van der Waals surface area (Å²) in [7, 11) is 0. The summed E-state index contributed by atoms with van der Waals surface area (Å²) in [6, 6.07) is 0.422. The normalized spacial score (nSPS) is 16.9. The van der Waals surface area contributed by atoms with Crippen molar-refractivity contribution in [1.82, 2.24) is 15.5 Å². The number of nitrogens with two attached hydrogens (primary N) is 2. The first-order valence-corrected chi connectivity index (χ1v) is 12.5. The lowest BCUT2D eigenvalue weighted by atomic mass is 10.0. The largest absolute Gasteiger partial charge is 0.416 e. The molecule has 0 spiro atoms. The molecule has 1 heterocycles. The van der Waals surface area contributed by atoms with E-state index in [0.717, 1.165) is 24.3 Å². The number of aliphatic imine (C=N–C) groups is 1. The van der Waals surface area contributed by atoms with Crippen molar-refractivity contribution in [2.75, 3.05) is 19.8 Å². The second kappa shape index (κ2) is 13.9. The average Bonchev–Trinajstić information content (AvgIpc) is 3.37. The van der Waals surface area contributed by atoms with E-state index in [9.17, 15) is 36.7 Å². The van der Waals surface area contributed by atoms with Crippen molar-refractivity contribution in [3.8, 4) is 0 Å². The number of nitrogens with zero attached hydrogens (tertiary/aromatic N) is 2. The molecule has 1 aliphatic rings. The van der Waals surface area contributed by atoms with Gasteiger partial charge in [-0.3, -0.25) is 24.2 Å². The molecule has 3 unspecified atom stereocenters. The summed E-state index contributed by atoms with van der Waals surface area (Å²) in [4.78, 5) is 56.4. The van der Waals surface area contributed by atoms with Crippen molar-refractivity contribution in [3.05, 3.63) is 35.4 Å². The predicted molar refractivity (Wildman–Crippen MR) is 135 cm³/mol. The molecule has 0 aromatic heterocycles. The first-order chi connectivity index (χ1) is 18.3. The molecule has 39 heavy (non-hydrogen) atoms. The number of rotatable bonds is 12. The third kappa shape index (κ3) is 8.93. The van der Waals surface area contributed by atoms with Gasteiger partial charge in [-0.05, 0) is 55.9 Å². The highest BCUT2D eigenvalue weighted by atomic mass is 19.4. The monoisotopic (exact) mass is 558 g/mol. The number of Topliss-reactive ketones (excluding diaryl/α,β-unsaturated/α-hetero) is 1. The fourth-order valence-electron chi connectivity index (χ4n) is 4.21. The second-order valence-corrected chi connectivity index (χ2v) is 9.57. The average molecular weight is 559 g/mol. The van der Waals surface area contributed by atoms with Crippen molar-refractivity contribution in [2.24, 2.45) is 22.4 Å².